The van der Waals surface area contributed by atoms with Gasteiger partial charge in [-0.15, -0.1) is 0 Å². The molecule has 0 aromatic heterocycles. The van der Waals surface area contributed by atoms with Crippen LogP contribution < -0.4 is 14.8 Å². The van der Waals surface area contributed by atoms with E-state index in [1.807, 2.05) is 6.92 Å². The van der Waals surface area contributed by atoms with Gasteiger partial charge in [0, 0.05) is 12.1 Å². The van der Waals surface area contributed by atoms with Gasteiger partial charge in [0.05, 0.1) is 12.2 Å². The molecule has 7 nitrogen and oxygen atoms in total. The number of nitrogens with one attached hydrogen (secondary N) is 1. The molecule has 0 radical (unpaired) electrons. The molecule has 1 amide bonds. The van der Waals surface area contributed by atoms with Gasteiger partial charge in [0.25, 0.3) is 5.91 Å². The lowest BCUT2D eigenvalue weighted by molar-refractivity contribution is -0.139. The second kappa shape index (κ2) is 9.12. The molecule has 1 aromatic carbocycles. The summed E-state index contributed by atoms with van der Waals surface area (Å²) in [6, 6.07) is 4.50. The third kappa shape index (κ3) is 6.45. The lowest BCUT2D eigenvalue weighted by Gasteiger charge is -2.23. The second-order valence-electron chi connectivity index (χ2n) is 5.71. The number of hydrogen-bond donors (Lipinski definition) is 3. The lowest BCUT2D eigenvalue weighted by Crippen LogP contribution is -2.40. The molecule has 0 spiro atoms. The van der Waals surface area contributed by atoms with Crippen LogP contribution in [0.4, 0.5) is 0 Å². The largest absolute Gasteiger partial charge is 0.490 e. The minimum Gasteiger partial charge on any atom is -0.490 e. The first kappa shape index (κ1) is 19.8. The van der Waals surface area contributed by atoms with Crippen molar-refractivity contribution in [2.75, 3.05) is 19.8 Å². The molecule has 7 heteroatoms. The summed E-state index contributed by atoms with van der Waals surface area (Å²) in [7, 11) is 0. The van der Waals surface area contributed by atoms with Crippen LogP contribution in [0.3, 0.4) is 0 Å². The minimum atomic E-state index is -1.10. The van der Waals surface area contributed by atoms with E-state index in [0.29, 0.717) is 24.3 Å². The molecule has 0 heterocycles. The van der Waals surface area contributed by atoms with E-state index in [4.69, 9.17) is 14.6 Å². The highest BCUT2D eigenvalue weighted by Gasteiger charge is 2.21. The first-order valence-electron chi connectivity index (χ1n) is 7.91. The molecular weight excluding hydrogens is 314 g/mol. The van der Waals surface area contributed by atoms with Crippen LogP contribution in [-0.4, -0.2) is 47.4 Å². The number of hydrogen-bond acceptors (Lipinski definition) is 5. The Hall–Kier alpha value is -2.28. The van der Waals surface area contributed by atoms with Gasteiger partial charge in [-0.2, -0.15) is 0 Å². The molecule has 0 saturated carbocycles. The van der Waals surface area contributed by atoms with E-state index >= 15 is 0 Å². The molecule has 0 aliphatic carbocycles. The zero-order valence-electron chi connectivity index (χ0n) is 14.3. The van der Waals surface area contributed by atoms with Gasteiger partial charge in [-0.25, -0.2) is 4.79 Å². The minimum absolute atomic E-state index is 0.140. The van der Waals surface area contributed by atoms with Gasteiger partial charge in [0.1, 0.15) is 0 Å². The van der Waals surface area contributed by atoms with E-state index in [2.05, 4.69) is 5.32 Å². The van der Waals surface area contributed by atoms with Crippen LogP contribution in [-0.2, 0) is 4.79 Å². The molecule has 0 aliphatic rings. The number of carboxylic acids is 1. The number of aliphatic hydroxyl groups is 1. The Morgan fingerprint density at radius 2 is 1.92 bits per heavy atom. The summed E-state index contributed by atoms with van der Waals surface area (Å²) in [5, 5.41) is 21.5. The van der Waals surface area contributed by atoms with E-state index in [0.717, 1.165) is 6.42 Å². The number of ether oxygens (including phenoxy) is 2. The van der Waals surface area contributed by atoms with Crippen molar-refractivity contribution in [1.29, 1.82) is 0 Å². The average Bonchev–Trinajstić information content (AvgIpc) is 2.51. The van der Waals surface area contributed by atoms with Crippen molar-refractivity contribution < 1.29 is 29.3 Å². The Balaban J connectivity index is 2.82. The van der Waals surface area contributed by atoms with E-state index in [9.17, 15) is 14.7 Å². The average molecular weight is 339 g/mol. The van der Waals surface area contributed by atoms with Gasteiger partial charge >= 0.3 is 5.97 Å². The highest BCUT2D eigenvalue weighted by Crippen LogP contribution is 2.28. The van der Waals surface area contributed by atoms with Crippen LogP contribution in [0.2, 0.25) is 0 Å². The van der Waals surface area contributed by atoms with E-state index in [1.165, 1.54) is 18.2 Å². The Morgan fingerprint density at radius 3 is 2.50 bits per heavy atom. The molecule has 3 N–H and O–H groups in total. The van der Waals surface area contributed by atoms with Gasteiger partial charge in [-0.05, 0) is 38.5 Å². The fourth-order valence-corrected chi connectivity index (χ4v) is 2.18. The summed E-state index contributed by atoms with van der Waals surface area (Å²) in [5.74, 6) is -0.893. The maximum Gasteiger partial charge on any atom is 0.341 e. The summed E-state index contributed by atoms with van der Waals surface area (Å²) < 4.78 is 10.5. The Morgan fingerprint density at radius 1 is 1.21 bits per heavy atom. The topological polar surface area (TPSA) is 105 Å². The van der Waals surface area contributed by atoms with E-state index < -0.39 is 18.2 Å². The third-order valence-corrected chi connectivity index (χ3v) is 3.28. The smallest absolute Gasteiger partial charge is 0.341 e. The molecule has 0 bridgehead atoms. The molecule has 1 unspecified atom stereocenters. The highest BCUT2D eigenvalue weighted by atomic mass is 16.5. The van der Waals surface area contributed by atoms with Crippen molar-refractivity contribution >= 4 is 11.9 Å². The first-order valence-corrected chi connectivity index (χ1v) is 7.91. The first-order chi connectivity index (χ1) is 11.3. The molecule has 24 heavy (non-hydrogen) atoms. The number of aliphatic carboxylic acids is 1. The number of benzene rings is 1. The van der Waals surface area contributed by atoms with Crippen LogP contribution in [0.5, 0.6) is 11.5 Å². The third-order valence-electron chi connectivity index (χ3n) is 3.28. The standard InChI is InChI=1S/C17H25NO6/c1-4-8-17(3,22)11-18-16(21)12-6-7-13(24-10-15(19)20)14(9-12)23-5-2/h6-7,9,22H,4-5,8,10-11H2,1-3H3,(H,18,21)(H,19,20). The van der Waals surface area contributed by atoms with Crippen LogP contribution in [0.15, 0.2) is 18.2 Å². The summed E-state index contributed by atoms with van der Waals surface area (Å²) in [6.45, 7) is 5.40. The van der Waals surface area contributed by atoms with Gasteiger partial charge in [0.2, 0.25) is 0 Å². The summed E-state index contributed by atoms with van der Waals surface area (Å²) in [5.41, 5.74) is -0.619. The van der Waals surface area contributed by atoms with Gasteiger partial charge < -0.3 is 25.0 Å². The Kier molecular flexibility index (Phi) is 7.51. The zero-order chi connectivity index (χ0) is 18.2. The van der Waals surface area contributed by atoms with Crippen molar-refractivity contribution in [2.45, 2.75) is 39.2 Å². The monoisotopic (exact) mass is 339 g/mol. The number of carboxylic acid groups (broad SMARTS) is 1. The predicted molar refractivity (Wildman–Crippen MR) is 88.6 cm³/mol. The Bertz CT molecular complexity index is 570. The van der Waals surface area contributed by atoms with Crippen molar-refractivity contribution in [2.24, 2.45) is 0 Å². The van der Waals surface area contributed by atoms with Gasteiger partial charge in [-0.3, -0.25) is 4.79 Å². The van der Waals surface area contributed by atoms with Crippen molar-refractivity contribution in [3.8, 4) is 11.5 Å². The van der Waals surface area contributed by atoms with Crippen molar-refractivity contribution in [1.82, 2.24) is 5.32 Å². The molecular formula is C17H25NO6. The van der Waals surface area contributed by atoms with Crippen LogP contribution in [0.1, 0.15) is 44.0 Å². The van der Waals surface area contributed by atoms with Crippen molar-refractivity contribution in [3.63, 3.8) is 0 Å². The van der Waals surface area contributed by atoms with Crippen molar-refractivity contribution in [3.05, 3.63) is 23.8 Å². The quantitative estimate of drug-likeness (QED) is 0.601. The van der Waals surface area contributed by atoms with E-state index in [1.54, 1.807) is 13.8 Å². The molecule has 1 aromatic rings. The van der Waals surface area contributed by atoms with Crippen LogP contribution in [0.25, 0.3) is 0 Å². The molecule has 1 atom stereocenters. The molecule has 0 fully saturated rings. The van der Waals surface area contributed by atoms with E-state index in [-0.39, 0.29) is 18.2 Å². The maximum absolute atomic E-state index is 12.2. The SMILES string of the molecule is CCCC(C)(O)CNC(=O)c1ccc(OCC(=O)O)c(OCC)c1. The van der Waals surface area contributed by atoms with Crippen LogP contribution in [0, 0.1) is 0 Å². The number of rotatable bonds is 10. The van der Waals surface area contributed by atoms with Gasteiger partial charge in [0.15, 0.2) is 18.1 Å². The lowest BCUT2D eigenvalue weighted by atomic mass is 10.0. The summed E-state index contributed by atoms with van der Waals surface area (Å²) >= 11 is 0. The zero-order valence-corrected chi connectivity index (χ0v) is 14.3. The molecule has 134 valence electrons. The maximum atomic E-state index is 12.2. The van der Waals surface area contributed by atoms with Crippen LogP contribution >= 0.6 is 0 Å². The molecule has 1 rings (SSSR count). The highest BCUT2D eigenvalue weighted by molar-refractivity contribution is 5.94. The molecule has 0 aliphatic heterocycles. The number of carbonyl (C=O) groups is 2. The molecule has 0 saturated heterocycles. The van der Waals surface area contributed by atoms with Gasteiger partial charge in [-0.1, -0.05) is 13.3 Å². The summed E-state index contributed by atoms with van der Waals surface area (Å²) in [4.78, 5) is 22.8. The fourth-order valence-electron chi connectivity index (χ4n) is 2.18. The normalized spacial score (nSPS) is 13.0. The predicted octanol–water partition coefficient (Wildman–Crippen LogP) is 1.83. The fraction of sp³-hybridized carbons (Fsp3) is 0.529. The second-order valence-corrected chi connectivity index (χ2v) is 5.71. The number of amides is 1. The number of carbonyl (C=O) groups excluding carboxylic acids is 1. The Labute approximate surface area is 141 Å². The summed E-state index contributed by atoms with van der Waals surface area (Å²) in [6.07, 6.45) is 1.40.